The van der Waals surface area contributed by atoms with Gasteiger partial charge in [0.2, 0.25) is 0 Å². The second-order valence-corrected chi connectivity index (χ2v) is 6.78. The average molecular weight is 338 g/mol. The van der Waals surface area contributed by atoms with E-state index in [2.05, 4.69) is 10.6 Å². The van der Waals surface area contributed by atoms with E-state index < -0.39 is 17.4 Å². The normalized spacial score (nSPS) is 14.7. The Bertz CT molecular complexity index is 804. The predicted octanol–water partition coefficient (Wildman–Crippen LogP) is 1.89. The topological polar surface area (TPSA) is 78.4 Å². The van der Waals surface area contributed by atoms with E-state index >= 15 is 0 Å². The van der Waals surface area contributed by atoms with Gasteiger partial charge in [-0.15, -0.1) is 0 Å². The first-order valence-electron chi connectivity index (χ1n) is 8.32. The van der Waals surface area contributed by atoms with Crippen molar-refractivity contribution in [1.29, 1.82) is 0 Å². The molecule has 2 amide bonds. The standard InChI is InChI=1S/C20H22N2O3/c1-13-7-8-17(9-14(13)2)22-19(24)18(23)21-12-20(25)10-15-5-3-4-6-16(15)11-20/h3-9,25H,10-12H2,1-2H3,(H,21,23)(H,22,24). The van der Waals surface area contributed by atoms with Crippen LogP contribution in [0.1, 0.15) is 22.3 Å². The summed E-state index contributed by atoms with van der Waals surface area (Å²) in [5, 5.41) is 15.8. The average Bonchev–Trinajstić information content (AvgIpc) is 2.92. The van der Waals surface area contributed by atoms with Crippen LogP contribution in [0.15, 0.2) is 42.5 Å². The Hall–Kier alpha value is -2.66. The van der Waals surface area contributed by atoms with Gasteiger partial charge in [0, 0.05) is 25.1 Å². The minimum absolute atomic E-state index is 0.0425. The molecule has 0 saturated carbocycles. The van der Waals surface area contributed by atoms with Gasteiger partial charge in [0.05, 0.1) is 5.60 Å². The van der Waals surface area contributed by atoms with Crippen molar-refractivity contribution in [3.8, 4) is 0 Å². The number of amides is 2. The summed E-state index contributed by atoms with van der Waals surface area (Å²) >= 11 is 0. The van der Waals surface area contributed by atoms with Gasteiger partial charge in [0.1, 0.15) is 0 Å². The molecule has 0 saturated heterocycles. The fourth-order valence-corrected chi connectivity index (χ4v) is 3.13. The van der Waals surface area contributed by atoms with E-state index in [-0.39, 0.29) is 6.54 Å². The fraction of sp³-hybridized carbons (Fsp3) is 0.300. The van der Waals surface area contributed by atoms with Crippen LogP contribution in [0.3, 0.4) is 0 Å². The zero-order chi connectivity index (χ0) is 18.0. The monoisotopic (exact) mass is 338 g/mol. The third kappa shape index (κ3) is 3.88. The molecule has 1 aliphatic rings. The number of rotatable bonds is 3. The quantitative estimate of drug-likeness (QED) is 0.748. The van der Waals surface area contributed by atoms with Gasteiger partial charge in [-0.2, -0.15) is 0 Å². The minimum Gasteiger partial charge on any atom is -0.387 e. The highest BCUT2D eigenvalue weighted by Gasteiger charge is 2.35. The lowest BCUT2D eigenvalue weighted by molar-refractivity contribution is -0.136. The van der Waals surface area contributed by atoms with Crippen molar-refractivity contribution < 1.29 is 14.7 Å². The van der Waals surface area contributed by atoms with Crippen LogP contribution in [0.4, 0.5) is 5.69 Å². The van der Waals surface area contributed by atoms with Gasteiger partial charge in [-0.1, -0.05) is 30.3 Å². The molecular weight excluding hydrogens is 316 g/mol. The third-order valence-corrected chi connectivity index (χ3v) is 4.71. The van der Waals surface area contributed by atoms with Crippen molar-refractivity contribution in [2.45, 2.75) is 32.3 Å². The Kier molecular flexibility index (Phi) is 4.59. The molecule has 0 heterocycles. The summed E-state index contributed by atoms with van der Waals surface area (Å²) in [4.78, 5) is 24.1. The van der Waals surface area contributed by atoms with Crippen LogP contribution < -0.4 is 10.6 Å². The van der Waals surface area contributed by atoms with E-state index in [1.807, 2.05) is 50.2 Å². The largest absolute Gasteiger partial charge is 0.387 e. The van der Waals surface area contributed by atoms with E-state index in [9.17, 15) is 14.7 Å². The number of hydrogen-bond acceptors (Lipinski definition) is 3. The van der Waals surface area contributed by atoms with Crippen LogP contribution in [0.5, 0.6) is 0 Å². The molecule has 0 radical (unpaired) electrons. The first kappa shape index (κ1) is 17.2. The Morgan fingerprint density at radius 1 is 1.00 bits per heavy atom. The molecule has 0 atom stereocenters. The molecule has 0 aliphatic heterocycles. The summed E-state index contributed by atoms with van der Waals surface area (Å²) in [6, 6.07) is 13.3. The number of fused-ring (bicyclic) bond motifs is 1. The SMILES string of the molecule is Cc1ccc(NC(=O)C(=O)NCC2(O)Cc3ccccc3C2)cc1C. The van der Waals surface area contributed by atoms with Gasteiger partial charge >= 0.3 is 11.8 Å². The maximum Gasteiger partial charge on any atom is 0.313 e. The summed E-state index contributed by atoms with van der Waals surface area (Å²) in [5.41, 5.74) is 3.86. The van der Waals surface area contributed by atoms with E-state index in [0.29, 0.717) is 18.5 Å². The smallest absolute Gasteiger partial charge is 0.313 e. The van der Waals surface area contributed by atoms with Crippen LogP contribution in [0.2, 0.25) is 0 Å². The third-order valence-electron chi connectivity index (χ3n) is 4.71. The molecule has 0 aromatic heterocycles. The van der Waals surface area contributed by atoms with Crippen molar-refractivity contribution >= 4 is 17.5 Å². The summed E-state index contributed by atoms with van der Waals surface area (Å²) in [6.07, 6.45) is 0.949. The Balaban J connectivity index is 1.56. The highest BCUT2D eigenvalue weighted by molar-refractivity contribution is 6.39. The lowest BCUT2D eigenvalue weighted by atomic mass is 10.0. The zero-order valence-electron chi connectivity index (χ0n) is 14.4. The zero-order valence-corrected chi connectivity index (χ0v) is 14.4. The number of aliphatic hydroxyl groups is 1. The van der Waals surface area contributed by atoms with Crippen molar-refractivity contribution in [3.05, 3.63) is 64.7 Å². The fourth-order valence-electron chi connectivity index (χ4n) is 3.13. The Morgan fingerprint density at radius 3 is 2.24 bits per heavy atom. The van der Waals surface area contributed by atoms with Crippen molar-refractivity contribution in [2.75, 3.05) is 11.9 Å². The number of hydrogen-bond donors (Lipinski definition) is 3. The van der Waals surface area contributed by atoms with Gasteiger partial charge in [0.15, 0.2) is 0 Å². The van der Waals surface area contributed by atoms with Gasteiger partial charge in [-0.25, -0.2) is 0 Å². The summed E-state index contributed by atoms with van der Waals surface area (Å²) < 4.78 is 0. The molecule has 2 aromatic rings. The number of benzene rings is 2. The molecular formula is C20H22N2O3. The number of aryl methyl sites for hydroxylation is 2. The highest BCUT2D eigenvalue weighted by Crippen LogP contribution is 2.29. The summed E-state index contributed by atoms with van der Waals surface area (Å²) in [6.45, 7) is 3.97. The first-order chi connectivity index (χ1) is 11.9. The van der Waals surface area contributed by atoms with E-state index in [1.54, 1.807) is 6.07 Å². The van der Waals surface area contributed by atoms with Crippen molar-refractivity contribution in [1.82, 2.24) is 5.32 Å². The van der Waals surface area contributed by atoms with E-state index in [1.165, 1.54) is 0 Å². The van der Waals surface area contributed by atoms with Crippen LogP contribution in [-0.2, 0) is 22.4 Å². The first-order valence-corrected chi connectivity index (χ1v) is 8.32. The maximum atomic E-state index is 12.0. The van der Waals surface area contributed by atoms with Crippen LogP contribution in [0.25, 0.3) is 0 Å². The van der Waals surface area contributed by atoms with Crippen LogP contribution in [-0.4, -0.2) is 29.1 Å². The molecule has 0 bridgehead atoms. The molecule has 0 spiro atoms. The number of carbonyl (C=O) groups excluding carboxylic acids is 2. The lowest BCUT2D eigenvalue weighted by Gasteiger charge is -2.22. The molecule has 0 unspecified atom stereocenters. The van der Waals surface area contributed by atoms with Gasteiger partial charge in [-0.3, -0.25) is 9.59 Å². The lowest BCUT2D eigenvalue weighted by Crippen LogP contribution is -2.46. The van der Waals surface area contributed by atoms with E-state index in [4.69, 9.17) is 0 Å². The highest BCUT2D eigenvalue weighted by atomic mass is 16.3. The van der Waals surface area contributed by atoms with Crippen LogP contribution >= 0.6 is 0 Å². The molecule has 25 heavy (non-hydrogen) atoms. The molecule has 130 valence electrons. The maximum absolute atomic E-state index is 12.0. The van der Waals surface area contributed by atoms with Crippen molar-refractivity contribution in [3.63, 3.8) is 0 Å². The van der Waals surface area contributed by atoms with Gasteiger partial charge < -0.3 is 15.7 Å². The molecule has 3 N–H and O–H groups in total. The summed E-state index contributed by atoms with van der Waals surface area (Å²) in [7, 11) is 0. The van der Waals surface area contributed by atoms with E-state index in [0.717, 1.165) is 22.3 Å². The van der Waals surface area contributed by atoms with Crippen molar-refractivity contribution in [2.24, 2.45) is 0 Å². The van der Waals surface area contributed by atoms with Gasteiger partial charge in [-0.05, 0) is 48.2 Å². The number of carbonyl (C=O) groups is 2. The Labute approximate surface area is 147 Å². The molecule has 3 rings (SSSR count). The second kappa shape index (κ2) is 6.69. The number of nitrogens with one attached hydrogen (secondary N) is 2. The Morgan fingerprint density at radius 2 is 1.64 bits per heavy atom. The minimum atomic E-state index is -1.04. The molecule has 2 aromatic carbocycles. The van der Waals surface area contributed by atoms with Crippen LogP contribution in [0, 0.1) is 13.8 Å². The molecule has 1 aliphatic carbocycles. The second-order valence-electron chi connectivity index (χ2n) is 6.78. The predicted molar refractivity (Wildman–Crippen MR) is 96.4 cm³/mol. The van der Waals surface area contributed by atoms with Gasteiger partial charge in [0.25, 0.3) is 0 Å². The molecule has 5 nitrogen and oxygen atoms in total. The molecule has 5 heteroatoms. The molecule has 0 fully saturated rings. The summed E-state index contributed by atoms with van der Waals surface area (Å²) in [5.74, 6) is -1.48. The number of anilines is 1.